The number of nitrogens with one attached hydrogen (secondary N) is 1. The third-order valence-corrected chi connectivity index (χ3v) is 5.52. The number of amides is 1. The molecule has 28 heavy (non-hydrogen) atoms. The average Bonchev–Trinajstić information content (AvgIpc) is 3.40. The van der Waals surface area contributed by atoms with Crippen LogP contribution in [-0.4, -0.2) is 57.9 Å². The van der Waals surface area contributed by atoms with Crippen LogP contribution in [0.1, 0.15) is 53.8 Å². The van der Waals surface area contributed by atoms with Gasteiger partial charge in [-0.15, -0.1) is 0 Å². The largest absolute Gasteiger partial charge is 0.382 e. The van der Waals surface area contributed by atoms with E-state index < -0.39 is 0 Å². The second-order valence-electron chi connectivity index (χ2n) is 7.43. The standard InChI is InChI=1S/C20H27N5O3/c1-27-11-12-28-15-7-5-14(6-8-15)22-19(26)18-16-3-2-4-17(16)23-20(24-18)25-10-9-21-13-25/h9-10,13-15H,2-8,11-12H2,1H3,(H,22,26)/t14-,15-. The number of methoxy groups -OCH3 is 1. The van der Waals surface area contributed by atoms with Crippen LogP contribution in [0.5, 0.6) is 0 Å². The van der Waals surface area contributed by atoms with Crippen molar-refractivity contribution in [2.75, 3.05) is 20.3 Å². The van der Waals surface area contributed by atoms with E-state index >= 15 is 0 Å². The van der Waals surface area contributed by atoms with E-state index in [2.05, 4.69) is 20.3 Å². The highest BCUT2D eigenvalue weighted by Crippen LogP contribution is 2.25. The molecule has 1 amide bonds. The van der Waals surface area contributed by atoms with Crippen LogP contribution in [0.25, 0.3) is 5.95 Å². The summed E-state index contributed by atoms with van der Waals surface area (Å²) in [5, 5.41) is 3.19. The summed E-state index contributed by atoms with van der Waals surface area (Å²) < 4.78 is 12.6. The monoisotopic (exact) mass is 385 g/mol. The molecule has 2 aromatic heterocycles. The van der Waals surface area contributed by atoms with Crippen LogP contribution in [0.2, 0.25) is 0 Å². The number of aryl methyl sites for hydroxylation is 1. The van der Waals surface area contributed by atoms with E-state index in [9.17, 15) is 4.79 Å². The lowest BCUT2D eigenvalue weighted by atomic mass is 9.92. The lowest BCUT2D eigenvalue weighted by molar-refractivity contribution is -0.00409. The van der Waals surface area contributed by atoms with Crippen molar-refractivity contribution < 1.29 is 14.3 Å². The SMILES string of the molecule is COCCO[C@H]1CC[C@H](NC(=O)c2nc(-n3ccnc3)nc3c2CCC3)CC1. The van der Waals surface area contributed by atoms with E-state index in [1.807, 2.05) is 0 Å². The van der Waals surface area contributed by atoms with Gasteiger partial charge in [-0.1, -0.05) is 0 Å². The van der Waals surface area contributed by atoms with Gasteiger partial charge in [-0.2, -0.15) is 0 Å². The van der Waals surface area contributed by atoms with Crippen LogP contribution < -0.4 is 5.32 Å². The summed E-state index contributed by atoms with van der Waals surface area (Å²) in [4.78, 5) is 26.3. The van der Waals surface area contributed by atoms with Gasteiger partial charge >= 0.3 is 0 Å². The van der Waals surface area contributed by atoms with Gasteiger partial charge in [-0.05, 0) is 44.9 Å². The molecule has 0 spiro atoms. The Hall–Kier alpha value is -2.32. The van der Waals surface area contributed by atoms with Crippen LogP contribution in [0.3, 0.4) is 0 Å². The Bertz CT molecular complexity index is 800. The quantitative estimate of drug-likeness (QED) is 0.732. The van der Waals surface area contributed by atoms with Gasteiger partial charge in [-0.3, -0.25) is 9.36 Å². The Labute approximate surface area is 164 Å². The van der Waals surface area contributed by atoms with Gasteiger partial charge in [0, 0.05) is 36.8 Å². The van der Waals surface area contributed by atoms with E-state index in [-0.39, 0.29) is 18.1 Å². The maximum Gasteiger partial charge on any atom is 0.270 e. The molecule has 8 nitrogen and oxygen atoms in total. The zero-order chi connectivity index (χ0) is 19.3. The Morgan fingerprint density at radius 3 is 2.82 bits per heavy atom. The van der Waals surface area contributed by atoms with Crippen LogP contribution >= 0.6 is 0 Å². The molecule has 0 atom stereocenters. The second kappa shape index (κ2) is 8.79. The Morgan fingerprint density at radius 1 is 1.21 bits per heavy atom. The van der Waals surface area contributed by atoms with Crippen LogP contribution in [0.15, 0.2) is 18.7 Å². The van der Waals surface area contributed by atoms with Crippen LogP contribution in [0.4, 0.5) is 0 Å². The summed E-state index contributed by atoms with van der Waals surface area (Å²) in [6, 6.07) is 0.165. The predicted molar refractivity (Wildman–Crippen MR) is 103 cm³/mol. The molecule has 0 aliphatic heterocycles. The Balaban J connectivity index is 1.41. The number of nitrogens with zero attached hydrogens (tertiary/aromatic N) is 4. The first-order valence-corrected chi connectivity index (χ1v) is 10.0. The molecule has 0 bridgehead atoms. The zero-order valence-electron chi connectivity index (χ0n) is 16.3. The van der Waals surface area contributed by atoms with Gasteiger partial charge in [-0.25, -0.2) is 15.0 Å². The van der Waals surface area contributed by atoms with Crippen molar-refractivity contribution >= 4 is 5.91 Å². The number of carbonyl (C=O) groups is 1. The van der Waals surface area contributed by atoms with Gasteiger partial charge in [0.05, 0.1) is 19.3 Å². The fourth-order valence-electron chi connectivity index (χ4n) is 4.03. The first kappa shape index (κ1) is 19.0. The van der Waals surface area contributed by atoms with Crippen molar-refractivity contribution in [1.29, 1.82) is 0 Å². The molecule has 4 rings (SSSR count). The number of rotatable bonds is 7. The third-order valence-electron chi connectivity index (χ3n) is 5.52. The minimum absolute atomic E-state index is 0.0920. The molecular weight excluding hydrogens is 358 g/mol. The lowest BCUT2D eigenvalue weighted by Crippen LogP contribution is -2.40. The molecule has 1 fully saturated rings. The summed E-state index contributed by atoms with van der Waals surface area (Å²) in [7, 11) is 1.68. The van der Waals surface area contributed by atoms with Crippen LogP contribution in [-0.2, 0) is 22.3 Å². The zero-order valence-corrected chi connectivity index (χ0v) is 16.3. The van der Waals surface area contributed by atoms with Crippen molar-refractivity contribution in [1.82, 2.24) is 24.8 Å². The van der Waals surface area contributed by atoms with E-state index in [1.165, 1.54) is 0 Å². The molecule has 2 aliphatic carbocycles. The Kier molecular flexibility index (Phi) is 5.97. The number of fused-ring (bicyclic) bond motifs is 1. The number of hydrogen-bond donors (Lipinski definition) is 1. The molecule has 0 unspecified atom stereocenters. The summed E-state index contributed by atoms with van der Waals surface area (Å²) in [5.41, 5.74) is 2.50. The van der Waals surface area contributed by atoms with Gasteiger partial charge in [0.1, 0.15) is 12.0 Å². The maximum atomic E-state index is 13.0. The van der Waals surface area contributed by atoms with Crippen molar-refractivity contribution in [3.8, 4) is 5.95 Å². The first-order valence-electron chi connectivity index (χ1n) is 10.0. The molecule has 0 aromatic carbocycles. The van der Waals surface area contributed by atoms with E-state index in [0.717, 1.165) is 56.2 Å². The smallest absolute Gasteiger partial charge is 0.270 e. The molecule has 8 heteroatoms. The van der Waals surface area contributed by atoms with Crippen LogP contribution in [0, 0.1) is 0 Å². The third kappa shape index (κ3) is 4.23. The molecule has 2 aliphatic rings. The van der Waals surface area contributed by atoms with E-state index in [4.69, 9.17) is 9.47 Å². The molecule has 1 saturated carbocycles. The average molecular weight is 385 g/mol. The van der Waals surface area contributed by atoms with Gasteiger partial charge < -0.3 is 14.8 Å². The number of aromatic nitrogens is 4. The fourth-order valence-corrected chi connectivity index (χ4v) is 4.03. The lowest BCUT2D eigenvalue weighted by Gasteiger charge is -2.29. The Morgan fingerprint density at radius 2 is 2.07 bits per heavy atom. The summed E-state index contributed by atoms with van der Waals surface area (Å²) >= 11 is 0. The highest BCUT2D eigenvalue weighted by atomic mass is 16.5. The molecule has 2 heterocycles. The molecule has 150 valence electrons. The minimum atomic E-state index is -0.0920. The summed E-state index contributed by atoms with van der Waals surface area (Å²) in [6.07, 6.45) is 11.9. The van der Waals surface area contributed by atoms with E-state index in [1.54, 1.807) is 30.4 Å². The minimum Gasteiger partial charge on any atom is -0.382 e. The predicted octanol–water partition coefficient (Wildman–Crippen LogP) is 1.85. The van der Waals surface area contributed by atoms with E-state index in [0.29, 0.717) is 24.9 Å². The number of imidazole rings is 1. The fraction of sp³-hybridized carbons (Fsp3) is 0.600. The second-order valence-corrected chi connectivity index (χ2v) is 7.43. The van der Waals surface area contributed by atoms with Crippen molar-refractivity contribution in [2.45, 2.75) is 57.1 Å². The van der Waals surface area contributed by atoms with Crippen molar-refractivity contribution in [3.05, 3.63) is 35.7 Å². The number of hydrogen-bond acceptors (Lipinski definition) is 6. The molecule has 2 aromatic rings. The van der Waals surface area contributed by atoms with Gasteiger partial charge in [0.15, 0.2) is 0 Å². The van der Waals surface area contributed by atoms with Crippen molar-refractivity contribution in [2.24, 2.45) is 0 Å². The molecule has 0 saturated heterocycles. The topological polar surface area (TPSA) is 91.2 Å². The number of carbonyl (C=O) groups excluding carboxylic acids is 1. The highest BCUT2D eigenvalue weighted by molar-refractivity contribution is 5.94. The normalized spacial score (nSPS) is 21.5. The summed E-state index contributed by atoms with van der Waals surface area (Å²) in [5.74, 6) is 0.421. The molecular formula is C20H27N5O3. The first-order chi connectivity index (χ1) is 13.7. The summed E-state index contributed by atoms with van der Waals surface area (Å²) in [6.45, 7) is 1.25. The molecule has 0 radical (unpaired) electrons. The van der Waals surface area contributed by atoms with Gasteiger partial charge in [0.2, 0.25) is 5.95 Å². The highest BCUT2D eigenvalue weighted by Gasteiger charge is 2.27. The maximum absolute atomic E-state index is 13.0. The number of ether oxygens (including phenoxy) is 2. The molecule has 1 N–H and O–H groups in total. The van der Waals surface area contributed by atoms with Gasteiger partial charge in [0.25, 0.3) is 5.91 Å². The van der Waals surface area contributed by atoms with Crippen molar-refractivity contribution in [3.63, 3.8) is 0 Å².